The Hall–Kier alpha value is -4.08. The Morgan fingerprint density at radius 2 is 1.68 bits per heavy atom. The van der Waals surface area contributed by atoms with E-state index in [0.717, 1.165) is 49.6 Å². The number of halogens is 1. The van der Waals surface area contributed by atoms with E-state index in [1.807, 2.05) is 100 Å². The first-order valence-corrected chi connectivity index (χ1v) is 12.7. The maximum Gasteiger partial charge on any atom is 0.266 e. The van der Waals surface area contributed by atoms with Crippen LogP contribution in [0, 0.1) is 39.0 Å². The second kappa shape index (κ2) is 11.3. The number of carbonyl (C=O) groups excluding carboxylic acids is 1. The summed E-state index contributed by atoms with van der Waals surface area (Å²) in [5.41, 5.74) is 7.77. The van der Waals surface area contributed by atoms with E-state index >= 15 is 0 Å². The highest BCUT2D eigenvalue weighted by Crippen LogP contribution is 2.25. The van der Waals surface area contributed by atoms with E-state index in [0.29, 0.717) is 12.3 Å². The fourth-order valence-electron chi connectivity index (χ4n) is 4.09. The summed E-state index contributed by atoms with van der Waals surface area (Å²) in [6.07, 6.45) is 1.64. The zero-order chi connectivity index (χ0) is 26.5. The number of aromatic nitrogens is 1. The molecule has 1 amide bonds. The van der Waals surface area contributed by atoms with E-state index in [2.05, 4.69) is 31.9 Å². The number of anilines is 1. The summed E-state index contributed by atoms with van der Waals surface area (Å²) in [6.45, 7) is 8.48. The van der Waals surface area contributed by atoms with Crippen LogP contribution in [0.3, 0.4) is 0 Å². The number of hydrogen-bond acceptors (Lipinski definition) is 3. The van der Waals surface area contributed by atoms with Gasteiger partial charge < -0.3 is 14.6 Å². The Kier molecular flexibility index (Phi) is 7.95. The van der Waals surface area contributed by atoms with E-state index < -0.39 is 5.91 Å². The Balaban J connectivity index is 1.51. The number of amides is 1. The molecule has 4 rings (SSSR count). The number of nitriles is 1. The zero-order valence-corrected chi connectivity index (χ0v) is 22.9. The number of nitrogens with one attached hydrogen (secondary N) is 1. The number of hydrogen-bond donors (Lipinski definition) is 1. The third kappa shape index (κ3) is 6.19. The zero-order valence-electron chi connectivity index (χ0n) is 21.3. The first-order valence-electron chi connectivity index (χ1n) is 11.9. The van der Waals surface area contributed by atoms with Gasteiger partial charge in [-0.2, -0.15) is 5.26 Å². The number of nitrogens with zero attached hydrogens (tertiary/aromatic N) is 2. The van der Waals surface area contributed by atoms with Gasteiger partial charge in [0, 0.05) is 27.2 Å². The number of carbonyl (C=O) groups is 1. The highest BCUT2D eigenvalue weighted by molar-refractivity contribution is 9.10. The lowest BCUT2D eigenvalue weighted by atomic mass is 10.1. The van der Waals surface area contributed by atoms with Crippen molar-refractivity contribution >= 4 is 33.6 Å². The molecule has 1 heterocycles. The standard InChI is InChI=1S/C31H28BrN3O2/c1-20-5-10-28(15-21(20)2)34-31(36)26(18-33)17-25-16-22(3)35(23(25)4)29-11-13-30(14-12-29)37-19-24-6-8-27(32)9-7-24/h5-17H,19H2,1-4H3,(H,34,36)/b26-17-. The summed E-state index contributed by atoms with van der Waals surface area (Å²) < 4.78 is 9.07. The van der Waals surface area contributed by atoms with Gasteiger partial charge in [0.1, 0.15) is 24.0 Å². The molecule has 186 valence electrons. The van der Waals surface area contributed by atoms with Crippen molar-refractivity contribution in [3.63, 3.8) is 0 Å². The van der Waals surface area contributed by atoms with E-state index in [1.54, 1.807) is 6.08 Å². The van der Waals surface area contributed by atoms with Crippen molar-refractivity contribution in [3.05, 3.63) is 116 Å². The smallest absolute Gasteiger partial charge is 0.266 e. The summed E-state index contributed by atoms with van der Waals surface area (Å²) in [6, 6.07) is 25.7. The van der Waals surface area contributed by atoms with Crippen molar-refractivity contribution in [2.75, 3.05) is 5.32 Å². The van der Waals surface area contributed by atoms with Crippen molar-refractivity contribution in [1.82, 2.24) is 4.57 Å². The molecule has 37 heavy (non-hydrogen) atoms. The minimum absolute atomic E-state index is 0.0511. The van der Waals surface area contributed by atoms with Gasteiger partial charge in [0.2, 0.25) is 0 Å². The van der Waals surface area contributed by atoms with Crippen LogP contribution in [0.5, 0.6) is 5.75 Å². The Morgan fingerprint density at radius 1 is 0.973 bits per heavy atom. The summed E-state index contributed by atoms with van der Waals surface area (Å²) in [7, 11) is 0. The molecule has 0 aliphatic rings. The molecule has 0 saturated heterocycles. The lowest BCUT2D eigenvalue weighted by Crippen LogP contribution is -2.13. The molecule has 0 bridgehead atoms. The van der Waals surface area contributed by atoms with Gasteiger partial charge in [0.05, 0.1) is 0 Å². The van der Waals surface area contributed by atoms with Crippen LogP contribution in [-0.2, 0) is 11.4 Å². The third-order valence-corrected chi connectivity index (χ3v) is 6.84. The molecule has 0 saturated carbocycles. The van der Waals surface area contributed by atoms with Gasteiger partial charge in [0.25, 0.3) is 5.91 Å². The van der Waals surface area contributed by atoms with Crippen LogP contribution in [0.25, 0.3) is 11.8 Å². The minimum atomic E-state index is -0.428. The number of ether oxygens (including phenoxy) is 1. The van der Waals surface area contributed by atoms with Crippen molar-refractivity contribution in [3.8, 4) is 17.5 Å². The maximum atomic E-state index is 12.8. The number of benzene rings is 3. The normalized spacial score (nSPS) is 11.2. The first-order chi connectivity index (χ1) is 17.7. The van der Waals surface area contributed by atoms with E-state index in [4.69, 9.17) is 4.74 Å². The Morgan fingerprint density at radius 3 is 2.32 bits per heavy atom. The monoisotopic (exact) mass is 553 g/mol. The van der Waals surface area contributed by atoms with Crippen molar-refractivity contribution in [2.45, 2.75) is 34.3 Å². The lowest BCUT2D eigenvalue weighted by Gasteiger charge is -2.12. The van der Waals surface area contributed by atoms with Crippen LogP contribution >= 0.6 is 15.9 Å². The van der Waals surface area contributed by atoms with Crippen molar-refractivity contribution in [2.24, 2.45) is 0 Å². The number of rotatable bonds is 7. The fraction of sp³-hybridized carbons (Fsp3) is 0.161. The summed E-state index contributed by atoms with van der Waals surface area (Å²) in [5.74, 6) is 0.354. The van der Waals surface area contributed by atoms with E-state index in [9.17, 15) is 10.1 Å². The SMILES string of the molecule is Cc1ccc(NC(=O)/C(C#N)=C\c2cc(C)n(-c3ccc(OCc4ccc(Br)cc4)cc3)c2C)cc1C. The van der Waals surface area contributed by atoms with Gasteiger partial charge in [-0.05, 0) is 111 Å². The van der Waals surface area contributed by atoms with Gasteiger partial charge in [-0.25, -0.2) is 0 Å². The fourth-order valence-corrected chi connectivity index (χ4v) is 4.36. The molecule has 1 N–H and O–H groups in total. The Bertz CT molecular complexity index is 1510. The second-order valence-electron chi connectivity index (χ2n) is 8.99. The molecular weight excluding hydrogens is 526 g/mol. The summed E-state index contributed by atoms with van der Waals surface area (Å²) >= 11 is 3.44. The highest BCUT2D eigenvalue weighted by atomic mass is 79.9. The Labute approximate surface area is 226 Å². The van der Waals surface area contributed by atoms with Gasteiger partial charge in [0.15, 0.2) is 0 Å². The summed E-state index contributed by atoms with van der Waals surface area (Å²) in [4.78, 5) is 12.8. The van der Waals surface area contributed by atoms with Gasteiger partial charge in [-0.15, -0.1) is 0 Å². The third-order valence-electron chi connectivity index (χ3n) is 6.31. The van der Waals surface area contributed by atoms with Crippen molar-refractivity contribution in [1.29, 1.82) is 5.26 Å². The quantitative estimate of drug-likeness (QED) is 0.189. The van der Waals surface area contributed by atoms with Gasteiger partial charge in [-0.3, -0.25) is 4.79 Å². The molecule has 0 aliphatic heterocycles. The van der Waals surface area contributed by atoms with E-state index in [-0.39, 0.29) is 5.57 Å². The highest BCUT2D eigenvalue weighted by Gasteiger charge is 2.14. The first kappa shape index (κ1) is 26.0. The molecule has 0 radical (unpaired) electrons. The lowest BCUT2D eigenvalue weighted by molar-refractivity contribution is -0.112. The van der Waals surface area contributed by atoms with E-state index in [1.165, 1.54) is 0 Å². The van der Waals surface area contributed by atoms with Crippen LogP contribution < -0.4 is 10.1 Å². The minimum Gasteiger partial charge on any atom is -0.489 e. The molecule has 4 aromatic rings. The summed E-state index contributed by atoms with van der Waals surface area (Å²) in [5, 5.41) is 12.5. The molecule has 5 nitrogen and oxygen atoms in total. The van der Waals surface area contributed by atoms with Crippen LogP contribution in [0.4, 0.5) is 5.69 Å². The average Bonchev–Trinajstić information content (AvgIpc) is 3.17. The molecule has 0 unspecified atom stereocenters. The molecule has 0 atom stereocenters. The molecule has 0 aliphatic carbocycles. The number of aryl methyl sites for hydroxylation is 3. The van der Waals surface area contributed by atoms with Crippen LogP contribution in [0.2, 0.25) is 0 Å². The van der Waals surface area contributed by atoms with Crippen LogP contribution in [-0.4, -0.2) is 10.5 Å². The topological polar surface area (TPSA) is 67.0 Å². The van der Waals surface area contributed by atoms with Crippen LogP contribution in [0.15, 0.2) is 82.8 Å². The maximum absolute atomic E-state index is 12.8. The van der Waals surface area contributed by atoms with Gasteiger partial charge >= 0.3 is 0 Å². The molecule has 0 spiro atoms. The van der Waals surface area contributed by atoms with Gasteiger partial charge in [-0.1, -0.05) is 34.1 Å². The predicted octanol–water partition coefficient (Wildman–Crippen LogP) is 7.60. The molecular formula is C31H28BrN3O2. The van der Waals surface area contributed by atoms with Crippen molar-refractivity contribution < 1.29 is 9.53 Å². The molecule has 3 aromatic carbocycles. The average molecular weight is 554 g/mol. The van der Waals surface area contributed by atoms with Crippen LogP contribution in [0.1, 0.15) is 33.6 Å². The molecule has 1 aromatic heterocycles. The largest absolute Gasteiger partial charge is 0.489 e. The molecule has 0 fully saturated rings. The predicted molar refractivity (Wildman–Crippen MR) is 152 cm³/mol. The molecule has 6 heteroatoms. The second-order valence-corrected chi connectivity index (χ2v) is 9.91.